The van der Waals surface area contributed by atoms with E-state index in [4.69, 9.17) is 10.5 Å². The molecule has 0 fully saturated rings. The smallest absolute Gasteiger partial charge is 0.244 e. The number of aromatic nitrogens is 2. The van der Waals surface area contributed by atoms with Crippen LogP contribution in [0.2, 0.25) is 0 Å². The molecule has 0 saturated heterocycles. The van der Waals surface area contributed by atoms with Crippen molar-refractivity contribution in [1.29, 1.82) is 5.26 Å². The number of nitrogens with zero attached hydrogens (tertiary/aromatic N) is 2. The summed E-state index contributed by atoms with van der Waals surface area (Å²) < 4.78 is 5.65. The molecule has 3 N–H and O–H groups in total. The van der Waals surface area contributed by atoms with Gasteiger partial charge in [-0.25, -0.2) is 0 Å². The van der Waals surface area contributed by atoms with Crippen LogP contribution in [-0.2, 0) is 0 Å². The van der Waals surface area contributed by atoms with Gasteiger partial charge in [-0.05, 0) is 17.0 Å². The molecule has 0 spiro atoms. The van der Waals surface area contributed by atoms with Crippen molar-refractivity contribution in [1.82, 2.24) is 10.2 Å². The van der Waals surface area contributed by atoms with E-state index in [2.05, 4.69) is 35.3 Å². The Hall–Kier alpha value is -3.52. The summed E-state index contributed by atoms with van der Waals surface area (Å²) in [6.07, 6.45) is 0. The maximum atomic E-state index is 9.75. The van der Waals surface area contributed by atoms with E-state index in [9.17, 15) is 5.26 Å². The zero-order valence-corrected chi connectivity index (χ0v) is 14.3. The molecule has 5 heteroatoms. The Morgan fingerprint density at radius 1 is 1.12 bits per heavy atom. The molecule has 1 aromatic heterocycles. The fourth-order valence-electron chi connectivity index (χ4n) is 3.56. The minimum Gasteiger partial charge on any atom is -0.420 e. The number of hydrogen-bond donors (Lipinski definition) is 2. The van der Waals surface area contributed by atoms with Crippen LogP contribution >= 0.6 is 0 Å². The van der Waals surface area contributed by atoms with Gasteiger partial charge in [0, 0.05) is 5.92 Å². The van der Waals surface area contributed by atoms with E-state index in [1.165, 1.54) is 0 Å². The van der Waals surface area contributed by atoms with Crippen molar-refractivity contribution in [2.45, 2.75) is 18.8 Å². The zero-order valence-electron chi connectivity index (χ0n) is 14.3. The van der Waals surface area contributed by atoms with Crippen molar-refractivity contribution in [2.24, 2.45) is 5.73 Å². The summed E-state index contributed by atoms with van der Waals surface area (Å²) >= 11 is 0. The first kappa shape index (κ1) is 16.0. The number of ether oxygens (including phenoxy) is 1. The van der Waals surface area contributed by atoms with Gasteiger partial charge in [0.15, 0.2) is 0 Å². The molecule has 0 bridgehead atoms. The Bertz CT molecular complexity index is 999. The van der Waals surface area contributed by atoms with Crippen molar-refractivity contribution >= 4 is 0 Å². The number of nitrogens with two attached hydrogens (primary N) is 1. The third-order valence-corrected chi connectivity index (χ3v) is 4.87. The van der Waals surface area contributed by atoms with Gasteiger partial charge < -0.3 is 10.5 Å². The second-order valence-corrected chi connectivity index (χ2v) is 6.35. The van der Waals surface area contributed by atoms with Gasteiger partial charge in [-0.3, -0.25) is 5.10 Å². The molecule has 2 atom stereocenters. The Labute approximate surface area is 151 Å². The SMILES string of the molecule is CC(c1ccccc1)C1C(C#N)=C(N)Oc2n[nH]c(-c3ccccc3)c21. The highest BCUT2D eigenvalue weighted by molar-refractivity contribution is 5.69. The molecule has 128 valence electrons. The molecule has 4 rings (SSSR count). The van der Waals surface area contributed by atoms with Crippen molar-refractivity contribution in [3.63, 3.8) is 0 Å². The Balaban J connectivity index is 1.90. The highest BCUT2D eigenvalue weighted by atomic mass is 16.5. The summed E-state index contributed by atoms with van der Waals surface area (Å²) in [6, 6.07) is 22.3. The summed E-state index contributed by atoms with van der Waals surface area (Å²) in [5, 5.41) is 17.1. The quantitative estimate of drug-likeness (QED) is 0.751. The van der Waals surface area contributed by atoms with Crippen molar-refractivity contribution < 1.29 is 4.74 Å². The molecule has 26 heavy (non-hydrogen) atoms. The maximum Gasteiger partial charge on any atom is 0.244 e. The molecule has 5 nitrogen and oxygen atoms in total. The molecule has 2 unspecified atom stereocenters. The van der Waals surface area contributed by atoms with Gasteiger partial charge in [0.25, 0.3) is 0 Å². The average Bonchev–Trinajstić information content (AvgIpc) is 3.11. The minimum absolute atomic E-state index is 0.0344. The highest BCUT2D eigenvalue weighted by Gasteiger charge is 2.38. The van der Waals surface area contributed by atoms with Crippen molar-refractivity contribution in [3.05, 3.63) is 83.2 Å². The molecule has 1 aliphatic heterocycles. The van der Waals surface area contributed by atoms with E-state index in [-0.39, 0.29) is 17.7 Å². The summed E-state index contributed by atoms with van der Waals surface area (Å²) in [4.78, 5) is 0. The molecule has 0 saturated carbocycles. The fraction of sp³-hybridized carbons (Fsp3) is 0.143. The van der Waals surface area contributed by atoms with Gasteiger partial charge in [-0.15, -0.1) is 5.10 Å². The number of allylic oxidation sites excluding steroid dienone is 1. The van der Waals surface area contributed by atoms with Crippen LogP contribution in [0.1, 0.15) is 29.9 Å². The van der Waals surface area contributed by atoms with E-state index in [0.29, 0.717) is 11.5 Å². The molecule has 3 aromatic rings. The monoisotopic (exact) mass is 342 g/mol. The highest BCUT2D eigenvalue weighted by Crippen LogP contribution is 2.48. The number of fused-ring (bicyclic) bond motifs is 1. The number of aromatic amines is 1. The van der Waals surface area contributed by atoms with Crippen LogP contribution < -0.4 is 10.5 Å². The Kier molecular flexibility index (Phi) is 3.94. The zero-order chi connectivity index (χ0) is 18.1. The number of H-pyrrole nitrogens is 1. The van der Waals surface area contributed by atoms with Gasteiger partial charge in [0.2, 0.25) is 11.8 Å². The summed E-state index contributed by atoms with van der Waals surface area (Å²) in [5.41, 5.74) is 10.3. The second kappa shape index (κ2) is 6.41. The van der Waals surface area contributed by atoms with Crippen molar-refractivity contribution in [2.75, 3.05) is 0 Å². The lowest BCUT2D eigenvalue weighted by molar-refractivity contribution is 0.368. The number of hydrogen-bond acceptors (Lipinski definition) is 4. The number of nitriles is 1. The van der Waals surface area contributed by atoms with Crippen LogP contribution in [-0.4, -0.2) is 10.2 Å². The molecule has 0 aliphatic carbocycles. The second-order valence-electron chi connectivity index (χ2n) is 6.35. The Morgan fingerprint density at radius 3 is 2.42 bits per heavy atom. The molecule has 0 radical (unpaired) electrons. The largest absolute Gasteiger partial charge is 0.420 e. The van der Waals surface area contributed by atoms with Crippen LogP contribution in [0.15, 0.2) is 72.1 Å². The summed E-state index contributed by atoms with van der Waals surface area (Å²) in [5.74, 6) is 0.360. The number of benzene rings is 2. The van der Waals surface area contributed by atoms with E-state index in [0.717, 1.165) is 22.4 Å². The van der Waals surface area contributed by atoms with Gasteiger partial charge in [0.1, 0.15) is 6.07 Å². The molecule has 2 heterocycles. The van der Waals surface area contributed by atoms with Gasteiger partial charge in [0.05, 0.1) is 16.8 Å². The molecule has 0 amide bonds. The van der Waals surface area contributed by atoms with Crippen molar-refractivity contribution in [3.8, 4) is 23.2 Å². The molecule has 2 aromatic carbocycles. The molecular weight excluding hydrogens is 324 g/mol. The summed E-state index contributed by atoms with van der Waals surface area (Å²) in [6.45, 7) is 2.10. The lowest BCUT2D eigenvalue weighted by Crippen LogP contribution is -2.23. The molecular formula is C21H18N4O. The van der Waals surface area contributed by atoms with Crippen LogP contribution in [0.3, 0.4) is 0 Å². The predicted octanol–water partition coefficient (Wildman–Crippen LogP) is 4.05. The summed E-state index contributed by atoms with van der Waals surface area (Å²) in [7, 11) is 0. The lowest BCUT2D eigenvalue weighted by Gasteiger charge is -2.28. The fourth-order valence-corrected chi connectivity index (χ4v) is 3.56. The van der Waals surface area contributed by atoms with E-state index in [1.807, 2.05) is 48.5 Å². The maximum absolute atomic E-state index is 9.75. The van der Waals surface area contributed by atoms with Crippen LogP contribution in [0.25, 0.3) is 11.3 Å². The number of nitrogens with one attached hydrogen (secondary N) is 1. The predicted molar refractivity (Wildman–Crippen MR) is 99.1 cm³/mol. The van der Waals surface area contributed by atoms with Gasteiger partial charge in [-0.2, -0.15) is 5.26 Å². The average molecular weight is 342 g/mol. The van der Waals surface area contributed by atoms with Crippen LogP contribution in [0.5, 0.6) is 5.88 Å². The lowest BCUT2D eigenvalue weighted by atomic mass is 9.76. The first-order valence-corrected chi connectivity index (χ1v) is 8.47. The third-order valence-electron chi connectivity index (χ3n) is 4.87. The molecule has 1 aliphatic rings. The first-order valence-electron chi connectivity index (χ1n) is 8.47. The Morgan fingerprint density at radius 2 is 1.77 bits per heavy atom. The van der Waals surface area contributed by atoms with E-state index >= 15 is 0 Å². The van der Waals surface area contributed by atoms with Crippen LogP contribution in [0.4, 0.5) is 0 Å². The van der Waals surface area contributed by atoms with E-state index < -0.39 is 0 Å². The number of rotatable bonds is 3. The van der Waals surface area contributed by atoms with Gasteiger partial charge in [-0.1, -0.05) is 67.6 Å². The van der Waals surface area contributed by atoms with E-state index in [1.54, 1.807) is 0 Å². The normalized spacial score (nSPS) is 17.2. The minimum atomic E-state index is -0.236. The van der Waals surface area contributed by atoms with Crippen LogP contribution in [0, 0.1) is 11.3 Å². The van der Waals surface area contributed by atoms with Gasteiger partial charge >= 0.3 is 0 Å². The standard InChI is InChI=1S/C21H18N4O/c1-13(14-8-4-2-5-9-14)17-16(12-22)20(23)26-21-18(17)19(24-25-21)15-10-6-3-7-11-15/h2-11,13,17H,23H2,1H3,(H,24,25). The topological polar surface area (TPSA) is 87.7 Å². The third kappa shape index (κ3) is 2.52. The first-order chi connectivity index (χ1) is 12.7.